The molecule has 7 heteroatoms. The van der Waals surface area contributed by atoms with Crippen LogP contribution in [-0.2, 0) is 11.2 Å². The molecule has 0 aliphatic carbocycles. The maximum absolute atomic E-state index is 11.7. The Bertz CT molecular complexity index is 528. The van der Waals surface area contributed by atoms with E-state index in [1.807, 2.05) is 24.3 Å². The Morgan fingerprint density at radius 1 is 1.40 bits per heavy atom. The SMILES string of the molecule is COc1ccc(SCC(=O)NCCc2ncn[nH]2)cc1. The number of hydrogen-bond donors (Lipinski definition) is 2. The van der Waals surface area contributed by atoms with Crippen LogP contribution in [0.4, 0.5) is 0 Å². The smallest absolute Gasteiger partial charge is 0.230 e. The predicted molar refractivity (Wildman–Crippen MR) is 76.8 cm³/mol. The number of nitrogens with zero attached hydrogens (tertiary/aromatic N) is 2. The summed E-state index contributed by atoms with van der Waals surface area (Å²) in [7, 11) is 1.63. The van der Waals surface area contributed by atoms with Crippen molar-refractivity contribution in [3.63, 3.8) is 0 Å². The van der Waals surface area contributed by atoms with E-state index in [1.54, 1.807) is 7.11 Å². The van der Waals surface area contributed by atoms with Crippen LogP contribution in [0.3, 0.4) is 0 Å². The first-order valence-electron chi connectivity index (χ1n) is 6.15. The number of ether oxygens (including phenoxy) is 1. The third-order valence-corrected chi connectivity index (χ3v) is 3.59. The fourth-order valence-electron chi connectivity index (χ4n) is 1.54. The molecular weight excluding hydrogens is 276 g/mol. The first-order valence-corrected chi connectivity index (χ1v) is 7.14. The Morgan fingerprint density at radius 2 is 2.20 bits per heavy atom. The summed E-state index contributed by atoms with van der Waals surface area (Å²) in [5.41, 5.74) is 0. The molecule has 6 nitrogen and oxygen atoms in total. The molecule has 0 atom stereocenters. The van der Waals surface area contributed by atoms with Gasteiger partial charge in [0, 0.05) is 17.9 Å². The quantitative estimate of drug-likeness (QED) is 0.751. The van der Waals surface area contributed by atoms with Gasteiger partial charge < -0.3 is 10.1 Å². The Balaban J connectivity index is 1.66. The van der Waals surface area contributed by atoms with Crippen molar-refractivity contribution >= 4 is 17.7 Å². The van der Waals surface area contributed by atoms with Crippen molar-refractivity contribution in [3.05, 3.63) is 36.4 Å². The number of methoxy groups -OCH3 is 1. The Kier molecular flexibility index (Phi) is 5.43. The van der Waals surface area contributed by atoms with Crippen LogP contribution in [0.1, 0.15) is 5.82 Å². The van der Waals surface area contributed by atoms with Crippen molar-refractivity contribution in [3.8, 4) is 5.75 Å². The molecule has 106 valence electrons. The van der Waals surface area contributed by atoms with Crippen molar-refractivity contribution in [1.29, 1.82) is 0 Å². The fourth-order valence-corrected chi connectivity index (χ4v) is 2.27. The van der Waals surface area contributed by atoms with Crippen LogP contribution in [-0.4, -0.2) is 40.5 Å². The molecule has 1 aromatic carbocycles. The van der Waals surface area contributed by atoms with Crippen molar-refractivity contribution in [1.82, 2.24) is 20.5 Å². The molecular formula is C13H16N4O2S. The summed E-state index contributed by atoms with van der Waals surface area (Å²) in [5, 5.41) is 9.34. The van der Waals surface area contributed by atoms with Gasteiger partial charge in [-0.05, 0) is 24.3 Å². The average Bonchev–Trinajstić information content (AvgIpc) is 2.99. The zero-order valence-electron chi connectivity index (χ0n) is 11.1. The van der Waals surface area contributed by atoms with Crippen molar-refractivity contribution in [2.24, 2.45) is 0 Å². The van der Waals surface area contributed by atoms with E-state index in [0.29, 0.717) is 18.7 Å². The fraction of sp³-hybridized carbons (Fsp3) is 0.308. The van der Waals surface area contributed by atoms with E-state index in [-0.39, 0.29) is 5.91 Å². The van der Waals surface area contributed by atoms with Crippen molar-refractivity contribution in [2.75, 3.05) is 19.4 Å². The number of nitrogens with one attached hydrogen (secondary N) is 2. The van der Waals surface area contributed by atoms with Gasteiger partial charge in [0.1, 0.15) is 17.9 Å². The molecule has 0 spiro atoms. The largest absolute Gasteiger partial charge is 0.497 e. The van der Waals surface area contributed by atoms with E-state index in [0.717, 1.165) is 16.5 Å². The number of H-pyrrole nitrogens is 1. The minimum Gasteiger partial charge on any atom is -0.497 e. The van der Waals surface area contributed by atoms with Gasteiger partial charge in [-0.2, -0.15) is 5.10 Å². The lowest BCUT2D eigenvalue weighted by Gasteiger charge is -2.05. The third kappa shape index (κ3) is 4.58. The molecule has 0 saturated carbocycles. The summed E-state index contributed by atoms with van der Waals surface area (Å²) in [4.78, 5) is 16.7. The summed E-state index contributed by atoms with van der Waals surface area (Å²) >= 11 is 1.49. The van der Waals surface area contributed by atoms with Crippen molar-refractivity contribution < 1.29 is 9.53 Å². The molecule has 1 heterocycles. The Morgan fingerprint density at radius 3 is 2.85 bits per heavy atom. The molecule has 0 saturated heterocycles. The van der Waals surface area contributed by atoms with Crippen LogP contribution in [0, 0.1) is 0 Å². The lowest BCUT2D eigenvalue weighted by atomic mass is 10.3. The molecule has 0 radical (unpaired) electrons. The minimum absolute atomic E-state index is 0.00494. The highest BCUT2D eigenvalue weighted by Crippen LogP contribution is 2.20. The van der Waals surface area contributed by atoms with Crippen LogP contribution in [0.25, 0.3) is 0 Å². The summed E-state index contributed by atoms with van der Waals surface area (Å²) in [6.45, 7) is 0.553. The van der Waals surface area contributed by atoms with Gasteiger partial charge in [0.25, 0.3) is 0 Å². The van der Waals surface area contributed by atoms with E-state index < -0.39 is 0 Å². The van der Waals surface area contributed by atoms with E-state index in [9.17, 15) is 4.79 Å². The molecule has 0 unspecified atom stereocenters. The summed E-state index contributed by atoms with van der Waals surface area (Å²) in [6, 6.07) is 7.63. The van der Waals surface area contributed by atoms with Crippen LogP contribution >= 0.6 is 11.8 Å². The number of carbonyl (C=O) groups excluding carboxylic acids is 1. The second kappa shape index (κ2) is 7.54. The van der Waals surface area contributed by atoms with E-state index in [4.69, 9.17) is 4.74 Å². The van der Waals surface area contributed by atoms with Crippen LogP contribution in [0.2, 0.25) is 0 Å². The molecule has 1 amide bonds. The highest BCUT2D eigenvalue weighted by Gasteiger charge is 2.03. The maximum atomic E-state index is 11.7. The zero-order chi connectivity index (χ0) is 14.2. The van der Waals surface area contributed by atoms with Crippen LogP contribution < -0.4 is 10.1 Å². The standard InChI is InChI=1S/C13H16N4O2S/c1-19-10-2-4-11(5-3-10)20-8-13(18)14-7-6-12-15-9-16-17-12/h2-5,9H,6-8H2,1H3,(H,14,18)(H,15,16,17). The molecule has 2 aromatic rings. The van der Waals surface area contributed by atoms with Gasteiger partial charge in [-0.15, -0.1) is 11.8 Å². The Labute approximate surface area is 121 Å². The van der Waals surface area contributed by atoms with Gasteiger partial charge in [0.2, 0.25) is 5.91 Å². The minimum atomic E-state index is 0.00494. The number of aromatic amines is 1. The third-order valence-electron chi connectivity index (χ3n) is 2.58. The van der Waals surface area contributed by atoms with Gasteiger partial charge in [0.15, 0.2) is 0 Å². The van der Waals surface area contributed by atoms with Gasteiger partial charge in [-0.25, -0.2) is 4.98 Å². The van der Waals surface area contributed by atoms with Crippen molar-refractivity contribution in [2.45, 2.75) is 11.3 Å². The normalized spacial score (nSPS) is 10.2. The second-order valence-corrected chi connectivity index (χ2v) is 5.05. The second-order valence-electron chi connectivity index (χ2n) is 4.00. The number of aromatic nitrogens is 3. The number of hydrogen-bond acceptors (Lipinski definition) is 5. The number of amides is 1. The molecule has 0 bridgehead atoms. The van der Waals surface area contributed by atoms with Crippen LogP contribution in [0.5, 0.6) is 5.75 Å². The molecule has 1 aromatic heterocycles. The van der Waals surface area contributed by atoms with Crippen LogP contribution in [0.15, 0.2) is 35.5 Å². The number of benzene rings is 1. The summed E-state index contributed by atoms with van der Waals surface area (Å²) < 4.78 is 5.08. The molecule has 2 N–H and O–H groups in total. The first-order chi connectivity index (χ1) is 9.78. The zero-order valence-corrected chi connectivity index (χ0v) is 11.9. The molecule has 0 aliphatic rings. The van der Waals surface area contributed by atoms with Gasteiger partial charge >= 0.3 is 0 Å². The molecule has 0 fully saturated rings. The lowest BCUT2D eigenvalue weighted by Crippen LogP contribution is -2.27. The average molecular weight is 292 g/mol. The van der Waals surface area contributed by atoms with Gasteiger partial charge in [-0.1, -0.05) is 0 Å². The monoisotopic (exact) mass is 292 g/mol. The topological polar surface area (TPSA) is 79.9 Å². The van der Waals surface area contributed by atoms with Gasteiger partial charge in [-0.3, -0.25) is 9.89 Å². The summed E-state index contributed by atoms with van der Waals surface area (Å²) in [6.07, 6.45) is 2.11. The molecule has 0 aliphatic heterocycles. The van der Waals surface area contributed by atoms with E-state index >= 15 is 0 Å². The van der Waals surface area contributed by atoms with E-state index in [1.165, 1.54) is 18.1 Å². The Hall–Kier alpha value is -2.02. The van der Waals surface area contributed by atoms with Gasteiger partial charge in [0.05, 0.1) is 12.9 Å². The lowest BCUT2D eigenvalue weighted by molar-refractivity contribution is -0.118. The first kappa shape index (κ1) is 14.4. The molecule has 20 heavy (non-hydrogen) atoms. The summed E-state index contributed by atoms with van der Waals surface area (Å²) in [5.74, 6) is 1.98. The highest BCUT2D eigenvalue weighted by molar-refractivity contribution is 8.00. The number of rotatable bonds is 7. The molecule has 2 rings (SSSR count). The number of carbonyl (C=O) groups is 1. The predicted octanol–water partition coefficient (Wildman–Crippen LogP) is 1.26. The highest BCUT2D eigenvalue weighted by atomic mass is 32.2. The van der Waals surface area contributed by atoms with E-state index in [2.05, 4.69) is 20.5 Å². The maximum Gasteiger partial charge on any atom is 0.230 e. The number of thioether (sulfide) groups is 1.